The molecule has 0 radical (unpaired) electrons. The standard InChI is InChI=1S/C45H90NO8P/c1-6-8-10-12-14-16-18-20-21-22-23-24-25-26-28-30-32-34-36-38-45(48)54-43(42-53-55(49,50)52-40-39-46(3,4)5)41-51-44(47)37-35-33-31-29-27-19-17-15-13-11-9-7-2/h43H,6-42H2,1-5H3/t43-/m1/s1. The zero-order chi connectivity index (χ0) is 40.7. The molecule has 55 heavy (non-hydrogen) atoms. The predicted octanol–water partition coefficient (Wildman–Crippen LogP) is 12.6. The third kappa shape index (κ3) is 42.4. The average molecular weight is 804 g/mol. The van der Waals surface area contributed by atoms with Gasteiger partial charge in [-0.15, -0.1) is 0 Å². The lowest BCUT2D eigenvalue weighted by molar-refractivity contribution is -0.870. The highest BCUT2D eigenvalue weighted by Crippen LogP contribution is 2.38. The Morgan fingerprint density at radius 2 is 0.818 bits per heavy atom. The quantitative estimate of drug-likeness (QED) is 0.0259. The summed E-state index contributed by atoms with van der Waals surface area (Å²) < 4.78 is 33.9. The fourth-order valence-electron chi connectivity index (χ4n) is 6.72. The van der Waals surface area contributed by atoms with Gasteiger partial charge in [0.25, 0.3) is 7.82 Å². The van der Waals surface area contributed by atoms with Crippen molar-refractivity contribution in [2.75, 3.05) is 47.5 Å². The normalized spacial score (nSPS) is 13.5. The van der Waals surface area contributed by atoms with E-state index in [0.29, 0.717) is 17.4 Å². The molecule has 0 aromatic heterocycles. The Balaban J connectivity index is 4.24. The third-order valence-electron chi connectivity index (χ3n) is 10.4. The van der Waals surface area contributed by atoms with E-state index in [1.54, 1.807) is 0 Å². The molecule has 0 aliphatic carbocycles. The van der Waals surface area contributed by atoms with E-state index in [-0.39, 0.29) is 32.0 Å². The number of hydrogen-bond acceptors (Lipinski definition) is 8. The van der Waals surface area contributed by atoms with Gasteiger partial charge in [0.05, 0.1) is 27.7 Å². The van der Waals surface area contributed by atoms with Crippen molar-refractivity contribution < 1.29 is 42.1 Å². The number of esters is 2. The number of likely N-dealkylation sites (N-methyl/N-ethyl adjacent to an activating group) is 1. The molecule has 0 saturated carbocycles. The lowest BCUT2D eigenvalue weighted by atomic mass is 10.0. The summed E-state index contributed by atoms with van der Waals surface area (Å²) in [5.74, 6) is -0.819. The first-order chi connectivity index (χ1) is 26.5. The van der Waals surface area contributed by atoms with Crippen LogP contribution in [-0.4, -0.2) is 70.0 Å². The molecule has 0 aromatic carbocycles. The van der Waals surface area contributed by atoms with Crippen LogP contribution in [0, 0.1) is 0 Å². The van der Waals surface area contributed by atoms with E-state index in [9.17, 15) is 19.0 Å². The molecular weight excluding hydrogens is 713 g/mol. The number of carbonyl (C=O) groups excluding carboxylic acids is 2. The smallest absolute Gasteiger partial charge is 0.306 e. The summed E-state index contributed by atoms with van der Waals surface area (Å²) >= 11 is 0. The molecule has 0 bridgehead atoms. The first kappa shape index (κ1) is 54.0. The van der Waals surface area contributed by atoms with Crippen LogP contribution in [-0.2, 0) is 32.7 Å². The number of hydrogen-bond donors (Lipinski definition) is 0. The minimum absolute atomic E-state index is 0.0256. The largest absolute Gasteiger partial charge is 0.756 e. The van der Waals surface area contributed by atoms with Gasteiger partial charge in [0.15, 0.2) is 6.10 Å². The zero-order valence-corrected chi connectivity index (χ0v) is 37.8. The lowest BCUT2D eigenvalue weighted by Gasteiger charge is -2.28. The Hall–Kier alpha value is -0.990. The Kier molecular flexibility index (Phi) is 37.8. The summed E-state index contributed by atoms with van der Waals surface area (Å²) in [5.41, 5.74) is 0. The van der Waals surface area contributed by atoms with Crippen molar-refractivity contribution in [1.82, 2.24) is 0 Å². The van der Waals surface area contributed by atoms with Crippen LogP contribution in [0.5, 0.6) is 0 Å². The van der Waals surface area contributed by atoms with E-state index in [4.69, 9.17) is 18.5 Å². The maximum absolute atomic E-state index is 12.7. The van der Waals surface area contributed by atoms with Crippen LogP contribution in [0.15, 0.2) is 0 Å². The van der Waals surface area contributed by atoms with Crippen LogP contribution in [0.2, 0.25) is 0 Å². The highest BCUT2D eigenvalue weighted by Gasteiger charge is 2.21. The fourth-order valence-corrected chi connectivity index (χ4v) is 7.44. The van der Waals surface area contributed by atoms with Crippen LogP contribution in [0.4, 0.5) is 0 Å². The minimum Gasteiger partial charge on any atom is -0.756 e. The van der Waals surface area contributed by atoms with Crippen molar-refractivity contribution in [3.8, 4) is 0 Å². The van der Waals surface area contributed by atoms with Gasteiger partial charge in [0.1, 0.15) is 19.8 Å². The van der Waals surface area contributed by atoms with Gasteiger partial charge >= 0.3 is 11.9 Å². The number of carbonyl (C=O) groups is 2. The number of phosphoric acid groups is 1. The summed E-state index contributed by atoms with van der Waals surface area (Å²) in [6, 6.07) is 0. The number of rotatable bonds is 43. The second-order valence-corrected chi connectivity index (χ2v) is 18.5. The van der Waals surface area contributed by atoms with Crippen molar-refractivity contribution in [2.24, 2.45) is 0 Å². The van der Waals surface area contributed by atoms with Crippen molar-refractivity contribution in [2.45, 2.75) is 232 Å². The molecule has 9 nitrogen and oxygen atoms in total. The molecule has 0 N–H and O–H groups in total. The molecule has 2 atom stereocenters. The van der Waals surface area contributed by atoms with Crippen molar-refractivity contribution in [3.63, 3.8) is 0 Å². The van der Waals surface area contributed by atoms with Gasteiger partial charge in [-0.05, 0) is 12.8 Å². The summed E-state index contributed by atoms with van der Waals surface area (Å²) in [4.78, 5) is 37.5. The van der Waals surface area contributed by atoms with Crippen LogP contribution in [0.3, 0.4) is 0 Å². The van der Waals surface area contributed by atoms with Gasteiger partial charge in [-0.2, -0.15) is 0 Å². The molecule has 0 aromatic rings. The molecule has 0 aliphatic rings. The highest BCUT2D eigenvalue weighted by molar-refractivity contribution is 7.45. The first-order valence-electron chi connectivity index (χ1n) is 23.2. The van der Waals surface area contributed by atoms with E-state index in [1.165, 1.54) is 161 Å². The van der Waals surface area contributed by atoms with Gasteiger partial charge in [-0.25, -0.2) is 0 Å². The fraction of sp³-hybridized carbons (Fsp3) is 0.956. The second kappa shape index (κ2) is 38.5. The van der Waals surface area contributed by atoms with Crippen LogP contribution in [0.1, 0.15) is 226 Å². The maximum atomic E-state index is 12.7. The van der Waals surface area contributed by atoms with E-state index >= 15 is 0 Å². The van der Waals surface area contributed by atoms with Gasteiger partial charge in [0.2, 0.25) is 0 Å². The number of ether oxygens (including phenoxy) is 2. The predicted molar refractivity (Wildman–Crippen MR) is 227 cm³/mol. The number of phosphoric ester groups is 1. The molecule has 0 heterocycles. The molecule has 0 spiro atoms. The van der Waals surface area contributed by atoms with Gasteiger partial charge in [-0.3, -0.25) is 14.2 Å². The van der Waals surface area contributed by atoms with Crippen LogP contribution >= 0.6 is 7.82 Å². The molecule has 0 saturated heterocycles. The molecule has 1 unspecified atom stereocenters. The summed E-state index contributed by atoms with van der Waals surface area (Å²) in [5, 5.41) is 0. The molecule has 0 fully saturated rings. The molecule has 0 aliphatic heterocycles. The van der Waals surface area contributed by atoms with E-state index in [1.807, 2.05) is 21.1 Å². The van der Waals surface area contributed by atoms with Crippen LogP contribution in [0.25, 0.3) is 0 Å². The summed E-state index contributed by atoms with van der Waals surface area (Å²) in [7, 11) is 1.18. The van der Waals surface area contributed by atoms with E-state index in [0.717, 1.165) is 32.1 Å². The van der Waals surface area contributed by atoms with Gasteiger partial charge in [0, 0.05) is 12.8 Å². The van der Waals surface area contributed by atoms with E-state index < -0.39 is 26.5 Å². The molecule has 328 valence electrons. The number of quaternary nitrogens is 1. The topological polar surface area (TPSA) is 111 Å². The Morgan fingerprint density at radius 3 is 1.16 bits per heavy atom. The van der Waals surface area contributed by atoms with Crippen molar-refractivity contribution in [1.29, 1.82) is 0 Å². The summed E-state index contributed by atoms with van der Waals surface area (Å²) in [6.45, 7) is 4.26. The van der Waals surface area contributed by atoms with Crippen molar-refractivity contribution in [3.05, 3.63) is 0 Å². The SMILES string of the molecule is CCCCCCCCCCCCCCCCCCCCCC(=O)O[C@H](COC(=O)CCCCCCCCCCCCCC)COP(=O)([O-])OCC[N+](C)(C)C. The Labute approximate surface area is 340 Å². The Morgan fingerprint density at radius 1 is 0.491 bits per heavy atom. The lowest BCUT2D eigenvalue weighted by Crippen LogP contribution is -2.37. The maximum Gasteiger partial charge on any atom is 0.306 e. The molecule has 0 amide bonds. The average Bonchev–Trinajstić information content (AvgIpc) is 3.13. The molecule has 0 rings (SSSR count). The molecular formula is C45H90NO8P. The number of unbranched alkanes of at least 4 members (excludes halogenated alkanes) is 29. The number of nitrogens with zero attached hydrogens (tertiary/aromatic N) is 1. The first-order valence-corrected chi connectivity index (χ1v) is 24.7. The highest BCUT2D eigenvalue weighted by atomic mass is 31.2. The zero-order valence-electron chi connectivity index (χ0n) is 36.9. The minimum atomic E-state index is -4.62. The monoisotopic (exact) mass is 804 g/mol. The summed E-state index contributed by atoms with van der Waals surface area (Å²) in [6.07, 6.45) is 38.4. The molecule has 10 heteroatoms. The second-order valence-electron chi connectivity index (χ2n) is 17.1. The van der Waals surface area contributed by atoms with Crippen LogP contribution < -0.4 is 4.89 Å². The third-order valence-corrected chi connectivity index (χ3v) is 11.3. The Bertz CT molecular complexity index is 912. The van der Waals surface area contributed by atoms with E-state index in [2.05, 4.69) is 13.8 Å². The van der Waals surface area contributed by atoms with Gasteiger partial charge in [-0.1, -0.05) is 200 Å². The van der Waals surface area contributed by atoms with Gasteiger partial charge < -0.3 is 27.9 Å². The van der Waals surface area contributed by atoms with Crippen molar-refractivity contribution >= 4 is 19.8 Å².